The lowest BCUT2D eigenvalue weighted by atomic mass is 9.93. The van der Waals surface area contributed by atoms with Crippen LogP contribution < -0.4 is 0 Å². The largest absolute Gasteiger partial charge is 0.343 e. The topological polar surface area (TPSA) is 63.9 Å². The van der Waals surface area contributed by atoms with Crippen LogP contribution in [-0.4, -0.2) is 43.6 Å². The fourth-order valence-corrected chi connectivity index (χ4v) is 5.40. The van der Waals surface area contributed by atoms with Gasteiger partial charge in [0.15, 0.2) is 0 Å². The molecule has 1 aliphatic heterocycles. The molecule has 0 bridgehead atoms. The van der Waals surface area contributed by atoms with Crippen molar-refractivity contribution in [2.75, 3.05) is 13.1 Å². The molecule has 5 rings (SSSR count). The average molecular weight is 424 g/mol. The molecule has 0 N–H and O–H groups in total. The molecule has 1 saturated heterocycles. The first-order valence-electron chi connectivity index (χ1n) is 11.2. The third-order valence-corrected chi connectivity index (χ3v) is 7.50. The van der Waals surface area contributed by atoms with Crippen LogP contribution in [0.3, 0.4) is 0 Å². The van der Waals surface area contributed by atoms with Gasteiger partial charge in [-0.2, -0.15) is 0 Å². The number of rotatable bonds is 8. The summed E-state index contributed by atoms with van der Waals surface area (Å²) in [6.07, 6.45) is 10.1. The second-order valence-corrected chi connectivity index (χ2v) is 9.92. The average Bonchev–Trinajstić information content (AvgIpc) is 3.32. The van der Waals surface area contributed by atoms with Gasteiger partial charge in [0, 0.05) is 32.5 Å². The SMILES string of the molecule is O=C(CCCc1nc2ccccc2s1)N1CCC(Cc2nncn2CC2CC2)CC1. The van der Waals surface area contributed by atoms with Crippen molar-refractivity contribution in [3.8, 4) is 0 Å². The van der Waals surface area contributed by atoms with Gasteiger partial charge in [0.2, 0.25) is 5.91 Å². The Balaban J connectivity index is 1.05. The van der Waals surface area contributed by atoms with Crippen LogP contribution in [0.4, 0.5) is 0 Å². The number of carbonyl (C=O) groups is 1. The van der Waals surface area contributed by atoms with Gasteiger partial charge in [-0.1, -0.05) is 12.1 Å². The quantitative estimate of drug-likeness (QED) is 0.547. The zero-order chi connectivity index (χ0) is 20.3. The summed E-state index contributed by atoms with van der Waals surface area (Å²) in [5.41, 5.74) is 1.07. The molecular weight excluding hydrogens is 394 g/mol. The van der Waals surface area contributed by atoms with Crippen molar-refractivity contribution in [2.45, 2.75) is 57.9 Å². The lowest BCUT2D eigenvalue weighted by Crippen LogP contribution is -2.39. The van der Waals surface area contributed by atoms with Gasteiger partial charge in [-0.3, -0.25) is 4.79 Å². The van der Waals surface area contributed by atoms with E-state index in [1.165, 1.54) is 17.5 Å². The molecule has 0 radical (unpaired) electrons. The molecular formula is C23H29N5OS. The number of hydrogen-bond donors (Lipinski definition) is 0. The lowest BCUT2D eigenvalue weighted by molar-refractivity contribution is -0.132. The fourth-order valence-electron chi connectivity index (χ4n) is 4.39. The number of nitrogens with zero attached hydrogens (tertiary/aromatic N) is 5. The van der Waals surface area contributed by atoms with Crippen LogP contribution >= 0.6 is 11.3 Å². The summed E-state index contributed by atoms with van der Waals surface area (Å²) in [4.78, 5) is 19.4. The van der Waals surface area contributed by atoms with Crippen LogP contribution in [0.1, 0.15) is 49.4 Å². The van der Waals surface area contributed by atoms with E-state index in [0.29, 0.717) is 18.2 Å². The molecule has 1 aromatic carbocycles. The molecule has 0 unspecified atom stereocenters. The number of thiazole rings is 1. The van der Waals surface area contributed by atoms with E-state index in [0.717, 1.165) is 74.0 Å². The number of aryl methyl sites for hydroxylation is 1. The second kappa shape index (κ2) is 8.84. The van der Waals surface area contributed by atoms with E-state index < -0.39 is 0 Å². The molecule has 0 atom stereocenters. The van der Waals surface area contributed by atoms with Crippen LogP contribution in [0.5, 0.6) is 0 Å². The van der Waals surface area contributed by atoms with E-state index in [9.17, 15) is 4.79 Å². The van der Waals surface area contributed by atoms with E-state index in [2.05, 4.69) is 42.8 Å². The highest BCUT2D eigenvalue weighted by Crippen LogP contribution is 2.31. The monoisotopic (exact) mass is 423 g/mol. The van der Waals surface area contributed by atoms with E-state index in [1.54, 1.807) is 11.3 Å². The van der Waals surface area contributed by atoms with Crippen LogP contribution in [0.15, 0.2) is 30.6 Å². The third kappa shape index (κ3) is 4.72. The fraction of sp³-hybridized carbons (Fsp3) is 0.565. The Bertz CT molecular complexity index is 967. The van der Waals surface area contributed by atoms with Crippen molar-refractivity contribution in [3.63, 3.8) is 0 Å². The first-order chi connectivity index (χ1) is 14.7. The van der Waals surface area contributed by atoms with Crippen LogP contribution in [0, 0.1) is 11.8 Å². The summed E-state index contributed by atoms with van der Waals surface area (Å²) in [7, 11) is 0. The number of piperidine rings is 1. The van der Waals surface area contributed by atoms with Gasteiger partial charge in [-0.05, 0) is 62.5 Å². The highest BCUT2D eigenvalue weighted by Gasteiger charge is 2.26. The Kier molecular flexibility index (Phi) is 5.79. The van der Waals surface area contributed by atoms with E-state index >= 15 is 0 Å². The number of amides is 1. The highest BCUT2D eigenvalue weighted by molar-refractivity contribution is 7.18. The maximum Gasteiger partial charge on any atom is 0.222 e. The summed E-state index contributed by atoms with van der Waals surface area (Å²) in [5, 5.41) is 9.62. The molecule has 0 spiro atoms. The molecule has 1 saturated carbocycles. The van der Waals surface area contributed by atoms with E-state index in [-0.39, 0.29) is 0 Å². The van der Waals surface area contributed by atoms with Crippen molar-refractivity contribution in [3.05, 3.63) is 41.4 Å². The molecule has 2 aliphatic rings. The smallest absolute Gasteiger partial charge is 0.222 e. The van der Waals surface area contributed by atoms with Crippen molar-refractivity contribution < 1.29 is 4.79 Å². The lowest BCUT2D eigenvalue weighted by Gasteiger charge is -2.32. The Morgan fingerprint density at radius 3 is 2.73 bits per heavy atom. The van der Waals surface area contributed by atoms with Gasteiger partial charge >= 0.3 is 0 Å². The first-order valence-corrected chi connectivity index (χ1v) is 12.0. The molecule has 1 aliphatic carbocycles. The number of likely N-dealkylation sites (tertiary alicyclic amines) is 1. The number of para-hydroxylation sites is 1. The van der Waals surface area contributed by atoms with Gasteiger partial charge < -0.3 is 9.47 Å². The predicted molar refractivity (Wildman–Crippen MR) is 118 cm³/mol. The highest BCUT2D eigenvalue weighted by atomic mass is 32.1. The minimum Gasteiger partial charge on any atom is -0.343 e. The van der Waals surface area contributed by atoms with Gasteiger partial charge in [0.05, 0.1) is 15.2 Å². The van der Waals surface area contributed by atoms with E-state index in [4.69, 9.17) is 0 Å². The molecule has 6 nitrogen and oxygen atoms in total. The summed E-state index contributed by atoms with van der Waals surface area (Å²) in [6.45, 7) is 2.83. The standard InChI is InChI=1S/C23H29N5OS/c29-23(7-3-6-22-25-19-4-1-2-5-20(19)30-22)27-12-10-17(11-13-27)14-21-26-24-16-28(21)15-18-8-9-18/h1-2,4-5,16-18H,3,6-15H2. The van der Waals surface area contributed by atoms with Gasteiger partial charge in [0.25, 0.3) is 0 Å². The van der Waals surface area contributed by atoms with Crippen molar-refractivity contribution >= 4 is 27.5 Å². The summed E-state index contributed by atoms with van der Waals surface area (Å²) in [5.74, 6) is 2.87. The maximum absolute atomic E-state index is 12.6. The molecule has 30 heavy (non-hydrogen) atoms. The molecule has 3 aromatic rings. The Morgan fingerprint density at radius 2 is 1.93 bits per heavy atom. The summed E-state index contributed by atoms with van der Waals surface area (Å²) < 4.78 is 3.48. The zero-order valence-electron chi connectivity index (χ0n) is 17.4. The molecule has 7 heteroatoms. The second-order valence-electron chi connectivity index (χ2n) is 8.80. The summed E-state index contributed by atoms with van der Waals surface area (Å²) >= 11 is 1.75. The Labute approximate surface area is 181 Å². The molecule has 2 aromatic heterocycles. The van der Waals surface area contributed by atoms with E-state index in [1.807, 2.05) is 12.4 Å². The molecule has 158 valence electrons. The number of fused-ring (bicyclic) bond motifs is 1. The normalized spacial score (nSPS) is 17.7. The number of aromatic nitrogens is 4. The maximum atomic E-state index is 12.6. The van der Waals surface area contributed by atoms with Crippen LogP contribution in [0.25, 0.3) is 10.2 Å². The number of carbonyl (C=O) groups excluding carboxylic acids is 1. The summed E-state index contributed by atoms with van der Waals surface area (Å²) in [6, 6.07) is 8.24. The molecule has 2 fully saturated rings. The van der Waals surface area contributed by atoms with Gasteiger partial charge in [-0.15, -0.1) is 21.5 Å². The first kappa shape index (κ1) is 19.7. The van der Waals surface area contributed by atoms with Crippen molar-refractivity contribution in [2.24, 2.45) is 11.8 Å². The minimum absolute atomic E-state index is 0.298. The Hall–Kier alpha value is -2.28. The van der Waals surface area contributed by atoms with Crippen LogP contribution in [0.2, 0.25) is 0 Å². The van der Waals surface area contributed by atoms with Gasteiger partial charge in [-0.25, -0.2) is 4.98 Å². The molecule has 1 amide bonds. The van der Waals surface area contributed by atoms with Crippen molar-refractivity contribution in [1.82, 2.24) is 24.6 Å². The number of hydrogen-bond acceptors (Lipinski definition) is 5. The van der Waals surface area contributed by atoms with Crippen molar-refractivity contribution in [1.29, 1.82) is 0 Å². The van der Waals surface area contributed by atoms with Gasteiger partial charge in [0.1, 0.15) is 12.2 Å². The zero-order valence-corrected chi connectivity index (χ0v) is 18.2. The molecule has 3 heterocycles. The minimum atomic E-state index is 0.298. The Morgan fingerprint density at radius 1 is 1.10 bits per heavy atom. The van der Waals surface area contributed by atoms with Crippen LogP contribution in [-0.2, 0) is 24.2 Å². The number of benzene rings is 1. The third-order valence-electron chi connectivity index (χ3n) is 6.41. The predicted octanol–water partition coefficient (Wildman–Crippen LogP) is 4.10.